The number of rotatable bonds is 10. The molecule has 0 bridgehead atoms. The van der Waals surface area contributed by atoms with Crippen LogP contribution in [0, 0.1) is 11.8 Å². The molecule has 2 aliphatic rings. The number of hydrogen-bond donors (Lipinski definition) is 1. The molecular formula is C24H42NPS. The zero-order valence-electron chi connectivity index (χ0n) is 17.7. The van der Waals surface area contributed by atoms with Crippen molar-refractivity contribution in [3.63, 3.8) is 0 Å². The summed E-state index contributed by atoms with van der Waals surface area (Å²) in [5.41, 5.74) is 9.01. The highest BCUT2D eigenvalue weighted by Gasteiger charge is 2.25. The number of nitrogens with two attached hydrogens (primary N) is 1. The predicted octanol–water partition coefficient (Wildman–Crippen LogP) is 7.25. The maximum atomic E-state index is 6.48. The Morgan fingerprint density at radius 3 is 2.59 bits per heavy atom. The van der Waals surface area contributed by atoms with Gasteiger partial charge in [0.15, 0.2) is 0 Å². The van der Waals surface area contributed by atoms with E-state index in [0.717, 1.165) is 24.7 Å². The fourth-order valence-electron chi connectivity index (χ4n) is 4.45. The fourth-order valence-corrected chi connectivity index (χ4v) is 6.70. The molecule has 0 aromatic rings. The zero-order chi connectivity index (χ0) is 19.6. The molecule has 0 amide bonds. The first kappa shape index (κ1) is 23.2. The summed E-state index contributed by atoms with van der Waals surface area (Å²) >= 11 is 2.07. The molecule has 0 aliphatic heterocycles. The van der Waals surface area contributed by atoms with E-state index in [1.807, 2.05) is 0 Å². The summed E-state index contributed by atoms with van der Waals surface area (Å²) < 4.78 is 0. The molecule has 0 spiro atoms. The molecule has 0 aromatic heterocycles. The highest BCUT2D eigenvalue weighted by atomic mass is 32.2. The molecule has 0 radical (unpaired) electrons. The molecule has 1 nitrogen and oxygen atoms in total. The zero-order valence-corrected chi connectivity index (χ0v) is 19.6. The lowest BCUT2D eigenvalue weighted by Crippen LogP contribution is -2.31. The van der Waals surface area contributed by atoms with E-state index < -0.39 is 0 Å². The lowest BCUT2D eigenvalue weighted by Gasteiger charge is -2.31. The average Bonchev–Trinajstić information content (AvgIpc) is 2.84. The molecule has 4 unspecified atom stereocenters. The van der Waals surface area contributed by atoms with E-state index in [0.29, 0.717) is 10.2 Å². The van der Waals surface area contributed by atoms with Crippen LogP contribution in [0.15, 0.2) is 36.0 Å². The minimum atomic E-state index is 0.214. The summed E-state index contributed by atoms with van der Waals surface area (Å²) in [6.07, 6.45) is 21.6. The number of allylic oxidation sites excluding steroid dienone is 3. The fraction of sp³-hybridized carbons (Fsp3) is 0.750. The first-order valence-corrected chi connectivity index (χ1v) is 12.9. The summed E-state index contributed by atoms with van der Waals surface area (Å²) in [4.78, 5) is 0.605. The van der Waals surface area contributed by atoms with Crippen LogP contribution in [0.4, 0.5) is 0 Å². The van der Waals surface area contributed by atoms with E-state index >= 15 is 0 Å². The van der Waals surface area contributed by atoms with E-state index in [9.17, 15) is 0 Å². The van der Waals surface area contributed by atoms with Crippen molar-refractivity contribution < 1.29 is 0 Å². The molecule has 4 atom stereocenters. The Labute approximate surface area is 175 Å². The third kappa shape index (κ3) is 8.08. The number of unbranched alkanes of at least 4 members (excludes halogenated alkanes) is 2. The molecule has 1 fully saturated rings. The Morgan fingerprint density at radius 2 is 1.93 bits per heavy atom. The molecule has 2 aliphatic carbocycles. The van der Waals surface area contributed by atoms with Gasteiger partial charge in [-0.25, -0.2) is 0 Å². The smallest absolute Gasteiger partial charge is 0.0396 e. The lowest BCUT2D eigenvalue weighted by molar-refractivity contribution is 0.253. The molecular weight excluding hydrogens is 365 g/mol. The normalized spacial score (nSPS) is 29.9. The molecule has 27 heavy (non-hydrogen) atoms. The van der Waals surface area contributed by atoms with Crippen LogP contribution in [0.2, 0.25) is 0 Å². The topological polar surface area (TPSA) is 26.0 Å². The van der Waals surface area contributed by atoms with Crippen LogP contribution in [0.5, 0.6) is 0 Å². The van der Waals surface area contributed by atoms with Crippen molar-refractivity contribution in [3.05, 3.63) is 36.0 Å². The second kappa shape index (κ2) is 12.5. The first-order valence-electron chi connectivity index (χ1n) is 11.3. The number of hydrogen-bond acceptors (Lipinski definition) is 2. The third-order valence-corrected chi connectivity index (χ3v) is 8.47. The lowest BCUT2D eigenvalue weighted by atomic mass is 9.79. The Hall–Kier alpha value is -0.0400. The number of thioether (sulfide) groups is 1. The molecule has 2 N–H and O–H groups in total. The van der Waals surface area contributed by atoms with Crippen molar-refractivity contribution in [3.8, 4) is 0 Å². The van der Waals surface area contributed by atoms with Crippen molar-refractivity contribution in [2.45, 2.75) is 101 Å². The standard InChI is InChI=1S/C24H42NPS/c1-4-6-7-9-19-12-14-20(15-13-19)16-24(26)27-23-17-21(18(3)5-2)10-8-11-22(23)25/h8,10,17,19-20,22-24H,3-7,9,11-16,25-26H2,1-2H3. The molecule has 0 aromatic carbocycles. The van der Waals surface area contributed by atoms with Gasteiger partial charge in [0.2, 0.25) is 0 Å². The highest BCUT2D eigenvalue weighted by molar-refractivity contribution is 8.03. The van der Waals surface area contributed by atoms with Gasteiger partial charge in [-0.3, -0.25) is 0 Å². The summed E-state index contributed by atoms with van der Waals surface area (Å²) in [7, 11) is 3.11. The van der Waals surface area contributed by atoms with Crippen LogP contribution >= 0.6 is 21.0 Å². The largest absolute Gasteiger partial charge is 0.326 e. The minimum absolute atomic E-state index is 0.214. The Bertz CT molecular complexity index is 505. The van der Waals surface area contributed by atoms with Gasteiger partial charge in [0, 0.05) is 16.3 Å². The van der Waals surface area contributed by atoms with Gasteiger partial charge < -0.3 is 5.73 Å². The van der Waals surface area contributed by atoms with Gasteiger partial charge >= 0.3 is 0 Å². The first-order chi connectivity index (χ1) is 13.0. The molecule has 0 heterocycles. The van der Waals surface area contributed by atoms with Crippen LogP contribution in [0.1, 0.15) is 84.5 Å². The second-order valence-electron chi connectivity index (χ2n) is 8.64. The Balaban J connectivity index is 1.79. The van der Waals surface area contributed by atoms with E-state index in [4.69, 9.17) is 5.73 Å². The van der Waals surface area contributed by atoms with Crippen molar-refractivity contribution in [1.29, 1.82) is 0 Å². The monoisotopic (exact) mass is 407 g/mol. The van der Waals surface area contributed by atoms with Gasteiger partial charge in [0.1, 0.15) is 0 Å². The minimum Gasteiger partial charge on any atom is -0.326 e. The maximum absolute atomic E-state index is 6.48. The third-order valence-electron chi connectivity index (χ3n) is 6.39. The van der Waals surface area contributed by atoms with Gasteiger partial charge in [-0.05, 0) is 42.2 Å². The van der Waals surface area contributed by atoms with Gasteiger partial charge in [-0.2, -0.15) is 0 Å². The van der Waals surface area contributed by atoms with E-state index in [2.05, 4.69) is 59.7 Å². The van der Waals surface area contributed by atoms with Gasteiger partial charge in [-0.15, -0.1) is 21.0 Å². The molecule has 2 rings (SSSR count). The summed E-state index contributed by atoms with van der Waals surface area (Å²) in [5.74, 6) is 1.92. The quantitative estimate of drug-likeness (QED) is 0.305. The van der Waals surface area contributed by atoms with Gasteiger partial charge in [0.25, 0.3) is 0 Å². The van der Waals surface area contributed by atoms with Crippen molar-refractivity contribution in [2.24, 2.45) is 17.6 Å². The summed E-state index contributed by atoms with van der Waals surface area (Å²) in [5, 5.41) is 0.395. The van der Waals surface area contributed by atoms with Crippen LogP contribution in [-0.4, -0.2) is 16.3 Å². The van der Waals surface area contributed by atoms with Crippen LogP contribution in [0.25, 0.3) is 0 Å². The Kier molecular flexibility index (Phi) is 10.8. The van der Waals surface area contributed by atoms with E-state index in [1.54, 1.807) is 0 Å². The van der Waals surface area contributed by atoms with Crippen LogP contribution in [-0.2, 0) is 0 Å². The predicted molar refractivity (Wildman–Crippen MR) is 128 cm³/mol. The highest BCUT2D eigenvalue weighted by Crippen LogP contribution is 2.39. The van der Waals surface area contributed by atoms with Crippen LogP contribution in [0.3, 0.4) is 0 Å². The van der Waals surface area contributed by atoms with Crippen LogP contribution < -0.4 is 5.73 Å². The van der Waals surface area contributed by atoms with Gasteiger partial charge in [0.05, 0.1) is 0 Å². The Morgan fingerprint density at radius 1 is 1.22 bits per heavy atom. The molecule has 1 saturated carbocycles. The van der Waals surface area contributed by atoms with Crippen molar-refractivity contribution in [1.82, 2.24) is 0 Å². The van der Waals surface area contributed by atoms with Crippen molar-refractivity contribution >= 4 is 21.0 Å². The maximum Gasteiger partial charge on any atom is 0.0396 e. The average molecular weight is 408 g/mol. The summed E-state index contributed by atoms with van der Waals surface area (Å²) in [6.45, 7) is 8.72. The molecule has 3 heteroatoms. The molecule has 0 saturated heterocycles. The van der Waals surface area contributed by atoms with E-state index in [1.165, 1.54) is 68.9 Å². The summed E-state index contributed by atoms with van der Waals surface area (Å²) in [6, 6.07) is 0.214. The van der Waals surface area contributed by atoms with Gasteiger partial charge in [-0.1, -0.05) is 90.0 Å². The second-order valence-corrected chi connectivity index (χ2v) is 11.3. The van der Waals surface area contributed by atoms with E-state index in [-0.39, 0.29) is 6.04 Å². The molecule has 154 valence electrons. The van der Waals surface area contributed by atoms with Crippen molar-refractivity contribution in [2.75, 3.05) is 0 Å². The SMILES string of the molecule is C=C(CC)C1=CC(SC(P)CC2CCC(CCCCC)CC2)C(N)CC=C1.